The molecule has 0 aromatic heterocycles. The number of thiol groups is 1. The Morgan fingerprint density at radius 2 is 2.07 bits per heavy atom. The van der Waals surface area contributed by atoms with Crippen molar-refractivity contribution in [3.8, 4) is 12.3 Å². The molecule has 0 saturated carbocycles. The molecule has 1 aromatic rings. The topological polar surface area (TPSA) is 29.1 Å². The van der Waals surface area contributed by atoms with E-state index >= 15 is 0 Å². The number of hydrogen-bond acceptors (Lipinski definition) is 2. The van der Waals surface area contributed by atoms with Gasteiger partial charge in [0.2, 0.25) is 0 Å². The first-order chi connectivity index (χ1) is 6.63. The lowest BCUT2D eigenvalue weighted by Crippen LogP contribution is -2.31. The Hall–Kier alpha value is -1.40. The van der Waals surface area contributed by atoms with Crippen LogP contribution in [-0.2, 0) is 0 Å². The van der Waals surface area contributed by atoms with E-state index in [1.165, 1.54) is 0 Å². The van der Waals surface area contributed by atoms with Gasteiger partial charge in [-0.05, 0) is 31.2 Å². The van der Waals surface area contributed by atoms with Crippen molar-refractivity contribution >= 4 is 18.5 Å². The SMILES string of the molecule is C#CC(C)NC(=O)c1ccc(S)cc1. The van der Waals surface area contributed by atoms with Gasteiger partial charge in [-0.15, -0.1) is 19.1 Å². The minimum atomic E-state index is -0.252. The lowest BCUT2D eigenvalue weighted by molar-refractivity contribution is 0.0948. The smallest absolute Gasteiger partial charge is 0.252 e. The highest BCUT2D eigenvalue weighted by atomic mass is 32.1. The minimum absolute atomic E-state index is 0.163. The second-order valence-electron chi connectivity index (χ2n) is 2.91. The van der Waals surface area contributed by atoms with Crippen molar-refractivity contribution in [2.45, 2.75) is 17.9 Å². The van der Waals surface area contributed by atoms with Crippen LogP contribution >= 0.6 is 12.6 Å². The van der Waals surface area contributed by atoms with Crippen LogP contribution in [0.3, 0.4) is 0 Å². The summed E-state index contributed by atoms with van der Waals surface area (Å²) in [7, 11) is 0. The Morgan fingerprint density at radius 1 is 1.50 bits per heavy atom. The zero-order chi connectivity index (χ0) is 10.6. The number of hydrogen-bond donors (Lipinski definition) is 2. The van der Waals surface area contributed by atoms with E-state index in [1.807, 2.05) is 0 Å². The number of terminal acetylenes is 1. The lowest BCUT2D eigenvalue weighted by Gasteiger charge is -2.07. The Kier molecular flexibility index (Phi) is 3.61. The predicted octanol–water partition coefficient (Wildman–Crippen LogP) is 1.73. The summed E-state index contributed by atoms with van der Waals surface area (Å²) in [6, 6.07) is 6.69. The van der Waals surface area contributed by atoms with Crippen LogP contribution in [0.1, 0.15) is 17.3 Å². The molecule has 0 bridgehead atoms. The number of nitrogens with one attached hydrogen (secondary N) is 1. The molecule has 0 aliphatic rings. The van der Waals surface area contributed by atoms with Crippen molar-refractivity contribution in [3.63, 3.8) is 0 Å². The van der Waals surface area contributed by atoms with E-state index in [9.17, 15) is 4.79 Å². The molecule has 1 atom stereocenters. The van der Waals surface area contributed by atoms with E-state index in [1.54, 1.807) is 31.2 Å². The molecule has 3 heteroatoms. The second-order valence-corrected chi connectivity index (χ2v) is 3.43. The maximum absolute atomic E-state index is 11.5. The highest BCUT2D eigenvalue weighted by Gasteiger charge is 2.06. The molecule has 0 aliphatic heterocycles. The predicted molar refractivity (Wildman–Crippen MR) is 59.5 cm³/mol. The van der Waals surface area contributed by atoms with Gasteiger partial charge in [-0.1, -0.05) is 5.92 Å². The molecule has 1 rings (SSSR count). The van der Waals surface area contributed by atoms with E-state index in [0.29, 0.717) is 5.56 Å². The van der Waals surface area contributed by atoms with Gasteiger partial charge in [0.05, 0.1) is 6.04 Å². The number of benzene rings is 1. The largest absolute Gasteiger partial charge is 0.339 e. The zero-order valence-corrected chi connectivity index (χ0v) is 8.71. The van der Waals surface area contributed by atoms with Crippen molar-refractivity contribution in [2.24, 2.45) is 0 Å². The van der Waals surface area contributed by atoms with Gasteiger partial charge >= 0.3 is 0 Å². The van der Waals surface area contributed by atoms with Crippen LogP contribution < -0.4 is 5.32 Å². The van der Waals surface area contributed by atoms with Gasteiger partial charge < -0.3 is 5.32 Å². The second kappa shape index (κ2) is 4.73. The van der Waals surface area contributed by atoms with E-state index < -0.39 is 0 Å². The zero-order valence-electron chi connectivity index (χ0n) is 7.82. The quantitative estimate of drug-likeness (QED) is 0.559. The van der Waals surface area contributed by atoms with Gasteiger partial charge in [-0.25, -0.2) is 0 Å². The molecule has 0 spiro atoms. The summed E-state index contributed by atoms with van der Waals surface area (Å²) in [5, 5.41) is 2.67. The maximum Gasteiger partial charge on any atom is 0.252 e. The fraction of sp³-hybridized carbons (Fsp3) is 0.182. The van der Waals surface area contributed by atoms with Crippen molar-refractivity contribution in [2.75, 3.05) is 0 Å². The standard InChI is InChI=1S/C11H11NOS/c1-3-8(2)12-11(13)9-4-6-10(14)7-5-9/h1,4-8,14H,2H3,(H,12,13). The van der Waals surface area contributed by atoms with Crippen molar-refractivity contribution in [3.05, 3.63) is 29.8 Å². The van der Waals surface area contributed by atoms with Crippen LogP contribution in [0.2, 0.25) is 0 Å². The number of rotatable bonds is 2. The third kappa shape index (κ3) is 2.82. The molecule has 0 aliphatic carbocycles. The molecular weight excluding hydrogens is 194 g/mol. The van der Waals surface area contributed by atoms with Crippen LogP contribution in [0.4, 0.5) is 0 Å². The summed E-state index contributed by atoms with van der Waals surface area (Å²) in [5.74, 6) is 2.27. The van der Waals surface area contributed by atoms with Gasteiger partial charge in [0.15, 0.2) is 0 Å². The van der Waals surface area contributed by atoms with Crippen molar-refractivity contribution in [1.29, 1.82) is 0 Å². The van der Waals surface area contributed by atoms with Crippen LogP contribution in [0.5, 0.6) is 0 Å². The van der Waals surface area contributed by atoms with E-state index in [2.05, 4.69) is 23.9 Å². The third-order valence-electron chi connectivity index (χ3n) is 1.73. The first-order valence-electron chi connectivity index (χ1n) is 4.19. The summed E-state index contributed by atoms with van der Waals surface area (Å²) in [4.78, 5) is 12.3. The Morgan fingerprint density at radius 3 is 2.57 bits per heavy atom. The average molecular weight is 205 g/mol. The maximum atomic E-state index is 11.5. The summed E-state index contributed by atoms with van der Waals surface area (Å²) in [6.07, 6.45) is 5.15. The first kappa shape index (κ1) is 10.7. The highest BCUT2D eigenvalue weighted by Crippen LogP contribution is 2.07. The number of carbonyl (C=O) groups is 1. The first-order valence-corrected chi connectivity index (χ1v) is 4.64. The summed E-state index contributed by atoms with van der Waals surface area (Å²) in [5.41, 5.74) is 0.588. The Labute approximate surface area is 89.1 Å². The van der Waals surface area contributed by atoms with Crippen LogP contribution in [0.15, 0.2) is 29.2 Å². The molecule has 0 radical (unpaired) electrons. The van der Waals surface area contributed by atoms with Crippen LogP contribution in [-0.4, -0.2) is 11.9 Å². The van der Waals surface area contributed by atoms with E-state index in [4.69, 9.17) is 6.42 Å². The Balaban J connectivity index is 2.71. The summed E-state index contributed by atoms with van der Waals surface area (Å²) < 4.78 is 0. The van der Waals surface area contributed by atoms with Gasteiger partial charge in [0.1, 0.15) is 0 Å². The van der Waals surface area contributed by atoms with E-state index in [-0.39, 0.29) is 11.9 Å². The molecule has 2 nitrogen and oxygen atoms in total. The minimum Gasteiger partial charge on any atom is -0.339 e. The van der Waals surface area contributed by atoms with Crippen molar-refractivity contribution < 1.29 is 4.79 Å². The lowest BCUT2D eigenvalue weighted by atomic mass is 10.2. The molecule has 1 aromatic carbocycles. The van der Waals surface area contributed by atoms with E-state index in [0.717, 1.165) is 4.90 Å². The monoisotopic (exact) mass is 205 g/mol. The molecule has 0 heterocycles. The molecule has 0 saturated heterocycles. The van der Waals surface area contributed by atoms with Gasteiger partial charge in [0.25, 0.3) is 5.91 Å². The van der Waals surface area contributed by atoms with Crippen molar-refractivity contribution in [1.82, 2.24) is 5.32 Å². The molecule has 1 N–H and O–H groups in total. The fourth-order valence-electron chi connectivity index (χ4n) is 0.934. The normalized spacial score (nSPS) is 11.5. The molecular formula is C11H11NOS. The van der Waals surface area contributed by atoms with Crippen LogP contribution in [0, 0.1) is 12.3 Å². The highest BCUT2D eigenvalue weighted by molar-refractivity contribution is 7.80. The van der Waals surface area contributed by atoms with Gasteiger partial charge in [0, 0.05) is 10.5 Å². The molecule has 1 unspecified atom stereocenters. The fourth-order valence-corrected chi connectivity index (χ4v) is 1.08. The summed E-state index contributed by atoms with van der Waals surface area (Å²) >= 11 is 4.12. The molecule has 1 amide bonds. The number of carbonyl (C=O) groups excluding carboxylic acids is 1. The molecule has 14 heavy (non-hydrogen) atoms. The van der Waals surface area contributed by atoms with Crippen LogP contribution in [0.25, 0.3) is 0 Å². The Bertz CT molecular complexity index is 364. The third-order valence-corrected chi connectivity index (χ3v) is 2.03. The van der Waals surface area contributed by atoms with Gasteiger partial charge in [-0.2, -0.15) is 0 Å². The summed E-state index contributed by atoms with van der Waals surface area (Å²) in [6.45, 7) is 1.75. The molecule has 0 fully saturated rings. The average Bonchev–Trinajstić information content (AvgIpc) is 2.18. The molecule has 72 valence electrons. The number of amides is 1. The van der Waals surface area contributed by atoms with Gasteiger partial charge in [-0.3, -0.25) is 4.79 Å².